The number of aryl methyl sites for hydroxylation is 2. The van der Waals surface area contributed by atoms with Crippen molar-refractivity contribution in [3.05, 3.63) is 65.2 Å². The van der Waals surface area contributed by atoms with Gasteiger partial charge in [0.05, 0.1) is 0 Å². The summed E-state index contributed by atoms with van der Waals surface area (Å²) in [4.78, 5) is 19.4. The van der Waals surface area contributed by atoms with Crippen LogP contribution in [0.2, 0.25) is 0 Å². The number of hydrogen-bond acceptors (Lipinski definition) is 2. The topological polar surface area (TPSA) is 44.7 Å². The van der Waals surface area contributed by atoms with Crippen molar-refractivity contribution in [3.8, 4) is 11.8 Å². The number of carbonyl (C=O) groups is 1. The summed E-state index contributed by atoms with van der Waals surface area (Å²) in [6, 6.07) is 15.4. The first-order valence-corrected chi connectivity index (χ1v) is 9.61. The fraction of sp³-hybridized carbons (Fsp3) is 0.333. The van der Waals surface area contributed by atoms with E-state index < -0.39 is 0 Å². The molecule has 0 atom stereocenters. The van der Waals surface area contributed by atoms with Crippen molar-refractivity contribution in [2.24, 2.45) is 4.99 Å². The zero-order valence-corrected chi connectivity index (χ0v) is 17.6. The number of anilines is 1. The molecule has 0 spiro atoms. The second-order valence-electron chi connectivity index (χ2n) is 7.32. The third-order valence-corrected chi connectivity index (χ3v) is 4.15. The number of amidine groups is 1. The maximum Gasteiger partial charge on any atom is 0.328 e. The molecule has 0 heterocycles. The maximum atomic E-state index is 13.2. The molecular formula is C24H29N3O. The van der Waals surface area contributed by atoms with E-state index in [0.29, 0.717) is 5.84 Å². The minimum atomic E-state index is -0.228. The fourth-order valence-corrected chi connectivity index (χ4v) is 2.80. The van der Waals surface area contributed by atoms with Gasteiger partial charge in [0.25, 0.3) is 0 Å². The molecule has 146 valence electrons. The van der Waals surface area contributed by atoms with Crippen molar-refractivity contribution in [1.82, 2.24) is 4.90 Å². The van der Waals surface area contributed by atoms with Gasteiger partial charge in [-0.2, -0.15) is 0 Å². The number of nitrogens with one attached hydrogen (secondary N) is 1. The van der Waals surface area contributed by atoms with Crippen LogP contribution < -0.4 is 5.32 Å². The summed E-state index contributed by atoms with van der Waals surface area (Å²) in [5.74, 6) is 6.70. The zero-order valence-electron chi connectivity index (χ0n) is 17.6. The van der Waals surface area contributed by atoms with E-state index in [0.717, 1.165) is 22.4 Å². The molecule has 0 aromatic heterocycles. The van der Waals surface area contributed by atoms with Gasteiger partial charge in [-0.1, -0.05) is 42.3 Å². The smallest absolute Gasteiger partial charge is 0.307 e. The maximum absolute atomic E-state index is 13.2. The van der Waals surface area contributed by atoms with Crippen LogP contribution in [0.5, 0.6) is 0 Å². The highest BCUT2D eigenvalue weighted by Gasteiger charge is 2.23. The van der Waals surface area contributed by atoms with Crippen LogP contribution in [0.3, 0.4) is 0 Å². The van der Waals surface area contributed by atoms with Gasteiger partial charge < -0.3 is 5.32 Å². The Morgan fingerprint density at radius 1 is 0.964 bits per heavy atom. The Morgan fingerprint density at radius 3 is 2.11 bits per heavy atom. The lowest BCUT2D eigenvalue weighted by Gasteiger charge is -2.27. The molecule has 4 heteroatoms. The Bertz CT molecular complexity index is 882. The number of rotatable bonds is 3. The summed E-state index contributed by atoms with van der Waals surface area (Å²) >= 11 is 0. The molecule has 0 fully saturated rings. The van der Waals surface area contributed by atoms with Crippen molar-refractivity contribution in [2.75, 3.05) is 5.32 Å². The van der Waals surface area contributed by atoms with Crippen LogP contribution in [-0.2, 0) is 0 Å². The number of amides is 2. The van der Waals surface area contributed by atoms with Crippen molar-refractivity contribution >= 4 is 17.6 Å². The van der Waals surface area contributed by atoms with Gasteiger partial charge in [0.15, 0.2) is 5.84 Å². The molecule has 0 radical (unpaired) electrons. The van der Waals surface area contributed by atoms with Gasteiger partial charge in [-0.3, -0.25) is 9.89 Å². The van der Waals surface area contributed by atoms with Crippen LogP contribution >= 0.6 is 0 Å². The molecule has 0 unspecified atom stereocenters. The van der Waals surface area contributed by atoms with Crippen LogP contribution in [0.4, 0.5) is 10.5 Å². The third kappa shape index (κ3) is 5.72. The lowest BCUT2D eigenvalue weighted by atomic mass is 10.1. The number of urea groups is 1. The summed E-state index contributed by atoms with van der Waals surface area (Å²) in [5, 5.41) is 3.05. The zero-order chi connectivity index (χ0) is 20.7. The monoisotopic (exact) mass is 375 g/mol. The molecule has 1 N–H and O–H groups in total. The van der Waals surface area contributed by atoms with Gasteiger partial charge in [-0.15, -0.1) is 0 Å². The predicted molar refractivity (Wildman–Crippen MR) is 118 cm³/mol. The summed E-state index contributed by atoms with van der Waals surface area (Å²) in [6.45, 7) is 11.9. The fourth-order valence-electron chi connectivity index (χ4n) is 2.80. The second-order valence-corrected chi connectivity index (χ2v) is 7.32. The van der Waals surface area contributed by atoms with Crippen molar-refractivity contribution < 1.29 is 4.79 Å². The Hall–Kier alpha value is -3.06. The first-order valence-electron chi connectivity index (χ1n) is 9.61. The Labute approximate surface area is 168 Å². The largest absolute Gasteiger partial charge is 0.328 e. The number of hydrogen-bond donors (Lipinski definition) is 1. The van der Waals surface area contributed by atoms with Crippen LogP contribution in [0.1, 0.15) is 44.4 Å². The van der Waals surface area contributed by atoms with Gasteiger partial charge in [0, 0.05) is 23.3 Å². The van der Waals surface area contributed by atoms with Crippen molar-refractivity contribution in [3.63, 3.8) is 0 Å². The Balaban J connectivity index is 2.39. The predicted octanol–water partition coefficient (Wildman–Crippen LogP) is 5.40. The highest BCUT2D eigenvalue weighted by atomic mass is 16.2. The number of para-hydroxylation sites is 1. The Morgan fingerprint density at radius 2 is 1.57 bits per heavy atom. The van der Waals surface area contributed by atoms with E-state index in [9.17, 15) is 4.79 Å². The number of carbonyl (C=O) groups excluding carboxylic acids is 1. The lowest BCUT2D eigenvalue weighted by molar-refractivity contribution is 0.226. The molecule has 0 saturated heterocycles. The van der Waals surface area contributed by atoms with E-state index in [1.807, 2.05) is 90.1 Å². The molecule has 2 rings (SSSR count). The van der Waals surface area contributed by atoms with Crippen molar-refractivity contribution in [1.29, 1.82) is 0 Å². The SMILES string of the molecule is Cc1cccc(C)c1NC(=O)N(C(C#Cc1ccccc1)=NC(C)C)C(C)C. The molecule has 2 aromatic rings. The molecular weight excluding hydrogens is 346 g/mol. The van der Waals surface area contributed by atoms with Gasteiger partial charge >= 0.3 is 6.03 Å². The average Bonchev–Trinajstić information content (AvgIpc) is 2.63. The standard InChI is InChI=1S/C24H29N3O/c1-17(2)25-22(16-15-21-13-8-7-9-14-21)27(18(3)4)24(28)26-23-19(5)11-10-12-20(23)6/h7-14,17-18H,1-6H3,(H,26,28). The molecule has 0 bridgehead atoms. The minimum Gasteiger partial charge on any atom is -0.307 e. The minimum absolute atomic E-state index is 0.0225. The van der Waals surface area contributed by atoms with Crippen LogP contribution in [0, 0.1) is 25.7 Å². The molecule has 0 aliphatic carbocycles. The van der Waals surface area contributed by atoms with Crippen LogP contribution in [-0.4, -0.2) is 28.9 Å². The van der Waals surface area contributed by atoms with E-state index in [4.69, 9.17) is 0 Å². The van der Waals surface area contributed by atoms with Gasteiger partial charge in [0.2, 0.25) is 0 Å². The average molecular weight is 376 g/mol. The lowest BCUT2D eigenvalue weighted by Crippen LogP contribution is -2.44. The van der Waals surface area contributed by atoms with E-state index in [1.54, 1.807) is 4.90 Å². The van der Waals surface area contributed by atoms with Crippen molar-refractivity contribution in [2.45, 2.75) is 53.6 Å². The number of benzene rings is 2. The summed E-state index contributed by atoms with van der Waals surface area (Å²) in [6.07, 6.45) is 0. The van der Waals surface area contributed by atoms with E-state index in [-0.39, 0.29) is 18.1 Å². The number of aliphatic imine (C=N–C) groups is 1. The molecule has 0 aliphatic rings. The Kier molecular flexibility index (Phi) is 7.40. The number of nitrogens with zero attached hydrogens (tertiary/aromatic N) is 2. The van der Waals surface area contributed by atoms with E-state index >= 15 is 0 Å². The highest BCUT2D eigenvalue weighted by Crippen LogP contribution is 2.20. The summed E-state index contributed by atoms with van der Waals surface area (Å²) < 4.78 is 0. The first kappa shape index (κ1) is 21.2. The van der Waals surface area contributed by atoms with Gasteiger partial charge in [-0.05, 0) is 70.7 Å². The molecule has 2 amide bonds. The van der Waals surface area contributed by atoms with Gasteiger partial charge in [0.1, 0.15) is 0 Å². The third-order valence-electron chi connectivity index (χ3n) is 4.15. The molecule has 4 nitrogen and oxygen atoms in total. The molecule has 28 heavy (non-hydrogen) atoms. The van der Waals surface area contributed by atoms with E-state index in [2.05, 4.69) is 22.2 Å². The second kappa shape index (κ2) is 9.75. The van der Waals surface area contributed by atoms with Crippen LogP contribution in [0.15, 0.2) is 53.5 Å². The summed E-state index contributed by atoms with van der Waals surface area (Å²) in [7, 11) is 0. The van der Waals surface area contributed by atoms with Crippen LogP contribution in [0.25, 0.3) is 0 Å². The first-order chi connectivity index (χ1) is 13.3. The molecule has 2 aromatic carbocycles. The van der Waals surface area contributed by atoms with E-state index in [1.165, 1.54) is 0 Å². The normalized spacial score (nSPS) is 11.2. The highest BCUT2D eigenvalue weighted by molar-refractivity contribution is 6.11. The quantitative estimate of drug-likeness (QED) is 0.435. The van der Waals surface area contributed by atoms with Gasteiger partial charge in [-0.25, -0.2) is 4.79 Å². The summed E-state index contributed by atoms with van der Waals surface area (Å²) in [5.41, 5.74) is 3.76. The molecule has 0 saturated carbocycles. The molecule has 0 aliphatic heterocycles.